The Labute approximate surface area is 79.4 Å². The highest BCUT2D eigenvalue weighted by Gasteiger charge is 2.10. The van der Waals surface area contributed by atoms with Crippen molar-refractivity contribution >= 4 is 6.09 Å². The maximum Gasteiger partial charge on any atom is 0.433 e. The number of hydroxylamine groups is 2. The van der Waals surface area contributed by atoms with Gasteiger partial charge in [-0.25, -0.2) is 4.79 Å². The van der Waals surface area contributed by atoms with E-state index in [2.05, 4.69) is 0 Å². The summed E-state index contributed by atoms with van der Waals surface area (Å²) in [7, 11) is 0. The van der Waals surface area contributed by atoms with Crippen molar-refractivity contribution in [3.05, 3.63) is 0 Å². The summed E-state index contributed by atoms with van der Waals surface area (Å²) in [5.74, 6) is 0. The molecule has 4 nitrogen and oxygen atoms in total. The minimum atomic E-state index is -0.637. The zero-order valence-electron chi connectivity index (χ0n) is 8.45. The lowest BCUT2D eigenvalue weighted by Crippen LogP contribution is -2.29. The molecule has 0 saturated carbocycles. The van der Waals surface area contributed by atoms with Crippen molar-refractivity contribution in [1.82, 2.24) is 5.06 Å². The Hall–Kier alpha value is -0.770. The molecule has 0 heterocycles. The zero-order chi connectivity index (χ0) is 10.1. The van der Waals surface area contributed by atoms with E-state index in [0.717, 1.165) is 25.7 Å². The maximum atomic E-state index is 11.0. The monoisotopic (exact) mass is 189 g/mol. The Morgan fingerprint density at radius 2 is 1.92 bits per heavy atom. The number of rotatable bonds is 6. The van der Waals surface area contributed by atoms with E-state index in [0.29, 0.717) is 18.2 Å². The number of hydrogen-bond acceptors (Lipinski definition) is 3. The van der Waals surface area contributed by atoms with Gasteiger partial charge in [-0.3, -0.25) is 5.21 Å². The van der Waals surface area contributed by atoms with Crippen LogP contribution < -0.4 is 0 Å². The van der Waals surface area contributed by atoms with Crippen molar-refractivity contribution in [3.63, 3.8) is 0 Å². The van der Waals surface area contributed by atoms with E-state index in [-0.39, 0.29) is 0 Å². The van der Waals surface area contributed by atoms with Crippen LogP contribution in [0.4, 0.5) is 4.79 Å². The Morgan fingerprint density at radius 1 is 1.31 bits per heavy atom. The van der Waals surface area contributed by atoms with Crippen LogP contribution in [0.1, 0.15) is 39.5 Å². The van der Waals surface area contributed by atoms with E-state index in [1.54, 1.807) is 0 Å². The van der Waals surface area contributed by atoms with Gasteiger partial charge in [0.1, 0.15) is 0 Å². The highest BCUT2D eigenvalue weighted by Crippen LogP contribution is 1.96. The molecule has 13 heavy (non-hydrogen) atoms. The second kappa shape index (κ2) is 7.86. The zero-order valence-corrected chi connectivity index (χ0v) is 8.45. The first kappa shape index (κ1) is 12.2. The summed E-state index contributed by atoms with van der Waals surface area (Å²) in [6.45, 7) is 4.75. The molecule has 0 aromatic carbocycles. The third kappa shape index (κ3) is 6.40. The molecule has 0 aliphatic heterocycles. The van der Waals surface area contributed by atoms with E-state index in [4.69, 9.17) is 9.94 Å². The van der Waals surface area contributed by atoms with E-state index in [1.807, 2.05) is 13.8 Å². The predicted octanol–water partition coefficient (Wildman–Crippen LogP) is 2.41. The van der Waals surface area contributed by atoms with Crippen LogP contribution in [0.2, 0.25) is 0 Å². The summed E-state index contributed by atoms with van der Waals surface area (Å²) in [5.41, 5.74) is 0. The molecule has 4 heteroatoms. The fourth-order valence-electron chi connectivity index (χ4n) is 0.777. The molecule has 0 fully saturated rings. The topological polar surface area (TPSA) is 49.8 Å². The summed E-state index contributed by atoms with van der Waals surface area (Å²) >= 11 is 0. The molecule has 0 aromatic heterocycles. The van der Waals surface area contributed by atoms with Gasteiger partial charge in [0, 0.05) is 0 Å². The number of hydrogen-bond donors (Lipinski definition) is 1. The van der Waals surface area contributed by atoms with E-state index < -0.39 is 6.09 Å². The first-order valence-corrected chi connectivity index (χ1v) is 4.85. The fourth-order valence-corrected chi connectivity index (χ4v) is 0.777. The van der Waals surface area contributed by atoms with Crippen LogP contribution in [0.5, 0.6) is 0 Å². The van der Waals surface area contributed by atoms with Crippen molar-refractivity contribution in [2.45, 2.75) is 39.5 Å². The van der Waals surface area contributed by atoms with Crippen molar-refractivity contribution in [1.29, 1.82) is 0 Å². The second-order valence-electron chi connectivity index (χ2n) is 2.94. The molecule has 0 aliphatic carbocycles. The quantitative estimate of drug-likeness (QED) is 0.396. The van der Waals surface area contributed by atoms with Crippen LogP contribution in [0.15, 0.2) is 0 Å². The molecule has 0 spiro atoms. The lowest BCUT2D eigenvalue weighted by Gasteiger charge is -2.13. The minimum Gasteiger partial charge on any atom is -0.448 e. The number of ether oxygens (including phenoxy) is 1. The Morgan fingerprint density at radius 3 is 2.46 bits per heavy atom. The Kier molecular flexibility index (Phi) is 7.39. The number of carbonyl (C=O) groups excluding carboxylic acids is 1. The van der Waals surface area contributed by atoms with Crippen LogP contribution in [-0.2, 0) is 4.74 Å². The second-order valence-corrected chi connectivity index (χ2v) is 2.94. The van der Waals surface area contributed by atoms with Crippen molar-refractivity contribution in [2.75, 3.05) is 13.2 Å². The summed E-state index contributed by atoms with van der Waals surface area (Å²) in [6, 6.07) is 0. The van der Waals surface area contributed by atoms with Crippen molar-refractivity contribution < 1.29 is 14.7 Å². The van der Waals surface area contributed by atoms with Crippen molar-refractivity contribution in [3.8, 4) is 0 Å². The lowest BCUT2D eigenvalue weighted by atomic mass is 10.3. The SMILES string of the molecule is CCCCOC(=O)N(O)CCCC. The fraction of sp³-hybridized carbons (Fsp3) is 0.889. The Balaban J connectivity index is 3.45. The summed E-state index contributed by atoms with van der Waals surface area (Å²) in [6.07, 6.45) is 2.92. The van der Waals surface area contributed by atoms with Gasteiger partial charge in [-0.1, -0.05) is 26.7 Å². The lowest BCUT2D eigenvalue weighted by molar-refractivity contribution is -0.0747. The minimum absolute atomic E-state index is 0.349. The molecule has 0 atom stereocenters. The van der Waals surface area contributed by atoms with Gasteiger partial charge in [-0.2, -0.15) is 5.06 Å². The van der Waals surface area contributed by atoms with Gasteiger partial charge in [0.15, 0.2) is 0 Å². The third-order valence-corrected chi connectivity index (χ3v) is 1.66. The molecule has 0 saturated heterocycles. The average Bonchev–Trinajstić information content (AvgIpc) is 2.14. The molecule has 0 rings (SSSR count). The number of amides is 1. The molecule has 78 valence electrons. The van der Waals surface area contributed by atoms with Gasteiger partial charge >= 0.3 is 6.09 Å². The highest BCUT2D eigenvalue weighted by atomic mass is 16.6. The predicted molar refractivity (Wildman–Crippen MR) is 49.7 cm³/mol. The molecule has 0 bridgehead atoms. The van der Waals surface area contributed by atoms with Crippen LogP contribution in [0.3, 0.4) is 0 Å². The van der Waals surface area contributed by atoms with Gasteiger partial charge in [0.25, 0.3) is 0 Å². The van der Waals surface area contributed by atoms with Gasteiger partial charge in [0.05, 0.1) is 13.2 Å². The molecular weight excluding hydrogens is 170 g/mol. The van der Waals surface area contributed by atoms with Crippen LogP contribution >= 0.6 is 0 Å². The molecular formula is C9H19NO3. The van der Waals surface area contributed by atoms with E-state index in [9.17, 15) is 4.79 Å². The van der Waals surface area contributed by atoms with Crippen molar-refractivity contribution in [2.24, 2.45) is 0 Å². The molecule has 0 aromatic rings. The van der Waals surface area contributed by atoms with Gasteiger partial charge in [0.2, 0.25) is 0 Å². The van der Waals surface area contributed by atoms with Gasteiger partial charge in [-0.05, 0) is 12.8 Å². The first-order valence-electron chi connectivity index (χ1n) is 4.85. The summed E-state index contributed by atoms with van der Waals surface area (Å²) in [4.78, 5) is 11.0. The van der Waals surface area contributed by atoms with E-state index in [1.165, 1.54) is 0 Å². The smallest absolute Gasteiger partial charge is 0.433 e. The number of carbonyl (C=O) groups is 1. The molecule has 0 aliphatic rings. The Bertz CT molecular complexity index is 139. The first-order chi connectivity index (χ1) is 6.22. The molecule has 0 unspecified atom stereocenters. The summed E-state index contributed by atoms with van der Waals surface area (Å²) < 4.78 is 4.78. The van der Waals surface area contributed by atoms with Gasteiger partial charge < -0.3 is 4.74 Å². The third-order valence-electron chi connectivity index (χ3n) is 1.66. The molecule has 1 amide bonds. The highest BCUT2D eigenvalue weighted by molar-refractivity contribution is 5.65. The summed E-state index contributed by atoms with van der Waals surface area (Å²) in [5, 5.41) is 9.74. The number of unbranched alkanes of at least 4 members (excludes halogenated alkanes) is 2. The van der Waals surface area contributed by atoms with E-state index >= 15 is 0 Å². The number of nitrogens with zero attached hydrogens (tertiary/aromatic N) is 1. The molecule has 1 N–H and O–H groups in total. The standard InChI is InChI=1S/C9H19NO3/c1-3-5-7-10(12)9(11)13-8-6-4-2/h12H,3-8H2,1-2H3. The average molecular weight is 189 g/mol. The van der Waals surface area contributed by atoms with Crippen LogP contribution in [0, 0.1) is 0 Å². The van der Waals surface area contributed by atoms with Crippen LogP contribution in [0.25, 0.3) is 0 Å². The van der Waals surface area contributed by atoms with Gasteiger partial charge in [-0.15, -0.1) is 0 Å². The maximum absolute atomic E-state index is 11.0. The molecule has 0 radical (unpaired) electrons. The largest absolute Gasteiger partial charge is 0.448 e. The van der Waals surface area contributed by atoms with Crippen LogP contribution in [-0.4, -0.2) is 29.5 Å². The normalized spacial score (nSPS) is 9.77.